The van der Waals surface area contributed by atoms with Crippen molar-refractivity contribution in [1.82, 2.24) is 9.80 Å². The van der Waals surface area contributed by atoms with E-state index in [2.05, 4.69) is 24.6 Å². The van der Waals surface area contributed by atoms with Gasteiger partial charge in [-0.1, -0.05) is 26.7 Å². The monoisotopic (exact) mass is 494 g/mol. The molecule has 0 aromatic carbocycles. The van der Waals surface area contributed by atoms with Crippen molar-refractivity contribution in [3.63, 3.8) is 0 Å². The van der Waals surface area contributed by atoms with E-state index in [1.54, 1.807) is 4.90 Å². The number of piperazine rings is 1. The summed E-state index contributed by atoms with van der Waals surface area (Å²) in [6.07, 6.45) is 3.35. The third kappa shape index (κ3) is 11.0. The molecule has 1 rings (SSSR count). The Labute approximate surface area is 205 Å². The molecule has 0 aromatic rings. The summed E-state index contributed by atoms with van der Waals surface area (Å²) < 4.78 is 20.7. The van der Waals surface area contributed by atoms with Crippen molar-refractivity contribution in [2.45, 2.75) is 19.8 Å². The molecule has 1 saturated heterocycles. The molecule has 1 aliphatic heterocycles. The number of rotatable bonds is 15. The fourth-order valence-electron chi connectivity index (χ4n) is 3.10. The maximum atomic E-state index is 12.4. The summed E-state index contributed by atoms with van der Waals surface area (Å²) >= 11 is 0. The van der Waals surface area contributed by atoms with Crippen LogP contribution in [0.3, 0.4) is 0 Å². The second-order valence-corrected chi connectivity index (χ2v) is 7.92. The van der Waals surface area contributed by atoms with Gasteiger partial charge in [-0.25, -0.2) is 14.4 Å². The molecule has 0 atom stereocenters. The molecule has 0 unspecified atom stereocenters. The Morgan fingerprint density at radius 3 is 1.57 bits per heavy atom. The molecule has 194 valence electrons. The zero-order chi connectivity index (χ0) is 26.3. The van der Waals surface area contributed by atoms with Crippen molar-refractivity contribution in [2.75, 3.05) is 59.2 Å². The summed E-state index contributed by atoms with van der Waals surface area (Å²) in [7, 11) is 0. The largest absolute Gasteiger partial charge is 0.465 e. The lowest BCUT2D eigenvalue weighted by molar-refractivity contribution is -0.166. The van der Waals surface area contributed by atoms with E-state index in [1.165, 1.54) is 0 Å². The number of carbonyl (C=O) groups excluding carboxylic acids is 5. The second-order valence-electron chi connectivity index (χ2n) is 7.92. The summed E-state index contributed by atoms with van der Waals surface area (Å²) in [5.74, 6) is -2.71. The quantitative estimate of drug-likeness (QED) is 0.182. The predicted molar refractivity (Wildman–Crippen MR) is 125 cm³/mol. The molecule has 0 saturated carbocycles. The highest BCUT2D eigenvalue weighted by molar-refractivity contribution is 5.82. The number of esters is 4. The van der Waals surface area contributed by atoms with Crippen LogP contribution in [0.25, 0.3) is 0 Å². The molecule has 11 heteroatoms. The van der Waals surface area contributed by atoms with Crippen LogP contribution in [0, 0.1) is 5.41 Å². The summed E-state index contributed by atoms with van der Waals surface area (Å²) in [4.78, 5) is 62.9. The number of hydrogen-bond donors (Lipinski definition) is 0. The first-order valence-electron chi connectivity index (χ1n) is 11.2. The van der Waals surface area contributed by atoms with Gasteiger partial charge in [0.1, 0.15) is 31.8 Å². The molecule has 35 heavy (non-hydrogen) atoms. The van der Waals surface area contributed by atoms with E-state index >= 15 is 0 Å². The van der Waals surface area contributed by atoms with Crippen LogP contribution >= 0.6 is 0 Å². The topological polar surface area (TPSA) is 129 Å². The van der Waals surface area contributed by atoms with Gasteiger partial charge in [0, 0.05) is 57.4 Å². The first kappa shape index (κ1) is 29.6. The lowest BCUT2D eigenvalue weighted by Gasteiger charge is -2.34. The predicted octanol–water partition coefficient (Wildman–Crippen LogP) is 0.648. The molecule has 0 N–H and O–H groups in total. The highest BCUT2D eigenvalue weighted by atomic mass is 16.6. The molecule has 0 spiro atoms. The molecule has 1 aliphatic rings. The van der Waals surface area contributed by atoms with Crippen molar-refractivity contribution in [3.05, 3.63) is 38.0 Å². The Morgan fingerprint density at radius 2 is 1.17 bits per heavy atom. The molecule has 1 amide bonds. The van der Waals surface area contributed by atoms with E-state index in [0.29, 0.717) is 39.1 Å². The third-order valence-electron chi connectivity index (χ3n) is 5.26. The summed E-state index contributed by atoms with van der Waals surface area (Å²) in [5.41, 5.74) is -1.36. The highest BCUT2D eigenvalue weighted by Crippen LogP contribution is 2.22. The van der Waals surface area contributed by atoms with Gasteiger partial charge >= 0.3 is 23.9 Å². The van der Waals surface area contributed by atoms with Crippen LogP contribution in [0.4, 0.5) is 0 Å². The fraction of sp³-hybridized carbons (Fsp3) is 0.542. The minimum atomic E-state index is -1.36. The minimum absolute atomic E-state index is 0.0726. The van der Waals surface area contributed by atoms with E-state index in [1.807, 2.05) is 6.92 Å². The zero-order valence-electron chi connectivity index (χ0n) is 20.2. The third-order valence-corrected chi connectivity index (χ3v) is 5.26. The van der Waals surface area contributed by atoms with Gasteiger partial charge in [-0.2, -0.15) is 0 Å². The molecule has 0 radical (unpaired) electrons. The average molecular weight is 495 g/mol. The van der Waals surface area contributed by atoms with Crippen molar-refractivity contribution in [1.29, 1.82) is 0 Å². The van der Waals surface area contributed by atoms with Gasteiger partial charge in [0.15, 0.2) is 0 Å². The highest BCUT2D eigenvalue weighted by Gasteiger charge is 2.37. The Balaban J connectivity index is 2.75. The molecule has 11 nitrogen and oxygen atoms in total. The number of ether oxygens (including phenoxy) is 4. The van der Waals surface area contributed by atoms with Gasteiger partial charge in [0.2, 0.25) is 5.91 Å². The molecular formula is C24H34N2O9. The van der Waals surface area contributed by atoms with Crippen LogP contribution in [0.5, 0.6) is 0 Å². The standard InChI is InChI=1S/C24H34N2O9/c1-5-19(27)26-13-11-25(12-14-26)10-9-23(31)35-18-24(15-32-20(28)6-2,16-33-21(29)7-3)17-34-22(30)8-4/h6-8H,2-5,9-18H2,1H3. The van der Waals surface area contributed by atoms with Gasteiger partial charge in [-0.15, -0.1) is 0 Å². The van der Waals surface area contributed by atoms with Gasteiger partial charge in [-0.05, 0) is 0 Å². The molecule has 0 bridgehead atoms. The van der Waals surface area contributed by atoms with Gasteiger partial charge in [0.05, 0.1) is 6.42 Å². The Hall–Kier alpha value is -3.47. The number of carbonyl (C=O) groups is 5. The summed E-state index contributed by atoms with van der Waals surface area (Å²) in [6.45, 7) is 13.2. The van der Waals surface area contributed by atoms with Gasteiger partial charge < -0.3 is 23.8 Å². The average Bonchev–Trinajstić information content (AvgIpc) is 2.89. The smallest absolute Gasteiger partial charge is 0.330 e. The first-order valence-corrected chi connectivity index (χ1v) is 11.2. The van der Waals surface area contributed by atoms with Crippen LogP contribution in [-0.2, 0) is 42.9 Å². The minimum Gasteiger partial charge on any atom is -0.465 e. The van der Waals surface area contributed by atoms with Crippen molar-refractivity contribution in [3.8, 4) is 0 Å². The zero-order valence-corrected chi connectivity index (χ0v) is 20.2. The maximum absolute atomic E-state index is 12.4. The van der Waals surface area contributed by atoms with E-state index < -0.39 is 29.3 Å². The fourth-order valence-corrected chi connectivity index (χ4v) is 3.10. The van der Waals surface area contributed by atoms with Crippen molar-refractivity contribution < 1.29 is 42.9 Å². The summed E-state index contributed by atoms with van der Waals surface area (Å²) in [5, 5.41) is 0. The molecule has 1 heterocycles. The van der Waals surface area contributed by atoms with Gasteiger partial charge in [-0.3, -0.25) is 14.5 Å². The SMILES string of the molecule is C=CC(=O)OCC(COC(=O)C=C)(COC(=O)C=C)COC(=O)CCN1CCN(C(=O)CC)CC1. The Morgan fingerprint density at radius 1 is 0.743 bits per heavy atom. The van der Waals surface area contributed by atoms with E-state index in [9.17, 15) is 24.0 Å². The van der Waals surface area contributed by atoms with Crippen LogP contribution in [-0.4, -0.2) is 98.7 Å². The van der Waals surface area contributed by atoms with E-state index in [-0.39, 0.29) is 38.8 Å². The summed E-state index contributed by atoms with van der Waals surface area (Å²) in [6, 6.07) is 0. The van der Waals surface area contributed by atoms with Crippen LogP contribution in [0.1, 0.15) is 19.8 Å². The molecular weight excluding hydrogens is 460 g/mol. The number of hydrogen-bond acceptors (Lipinski definition) is 10. The lowest BCUT2D eigenvalue weighted by Crippen LogP contribution is -2.49. The van der Waals surface area contributed by atoms with Crippen molar-refractivity contribution in [2.24, 2.45) is 5.41 Å². The Kier molecular flexibility index (Phi) is 13.0. The van der Waals surface area contributed by atoms with Gasteiger partial charge in [0.25, 0.3) is 0 Å². The van der Waals surface area contributed by atoms with Crippen LogP contribution in [0.15, 0.2) is 38.0 Å². The maximum Gasteiger partial charge on any atom is 0.330 e. The molecule has 1 fully saturated rings. The van der Waals surface area contributed by atoms with Crippen molar-refractivity contribution >= 4 is 29.8 Å². The lowest BCUT2D eigenvalue weighted by atomic mass is 9.92. The Bertz CT molecular complexity index is 741. The van der Waals surface area contributed by atoms with Crippen LogP contribution < -0.4 is 0 Å². The number of amides is 1. The number of nitrogens with zero attached hydrogens (tertiary/aromatic N) is 2. The van der Waals surface area contributed by atoms with E-state index in [0.717, 1.165) is 18.2 Å². The first-order chi connectivity index (χ1) is 16.7. The van der Waals surface area contributed by atoms with E-state index in [4.69, 9.17) is 18.9 Å². The molecule has 0 aliphatic carbocycles. The normalized spacial score (nSPS) is 13.8. The van der Waals surface area contributed by atoms with Crippen LogP contribution in [0.2, 0.25) is 0 Å². The molecule has 0 aromatic heterocycles. The second kappa shape index (κ2) is 15.4.